The first kappa shape index (κ1) is 12.2. The molecule has 0 heterocycles. The molecule has 3 heteroatoms. The van der Waals surface area contributed by atoms with Crippen molar-refractivity contribution in [3.05, 3.63) is 33.8 Å². The second-order valence-electron chi connectivity index (χ2n) is 3.54. The van der Waals surface area contributed by atoms with Crippen LogP contribution < -0.4 is 0 Å². The highest BCUT2D eigenvalue weighted by molar-refractivity contribution is 9.10. The zero-order valence-electron chi connectivity index (χ0n) is 8.30. The van der Waals surface area contributed by atoms with E-state index in [1.165, 1.54) is 5.56 Å². The number of hydrogen-bond acceptors (Lipinski definition) is 1. The van der Waals surface area contributed by atoms with Gasteiger partial charge in [-0.2, -0.15) is 0 Å². The van der Waals surface area contributed by atoms with Crippen molar-refractivity contribution in [2.24, 2.45) is 0 Å². The van der Waals surface area contributed by atoms with Crippen molar-refractivity contribution in [1.29, 1.82) is 0 Å². The van der Waals surface area contributed by atoms with Gasteiger partial charge < -0.3 is 5.11 Å². The minimum absolute atomic E-state index is 0.121. The molecular formula is C11H14Br2O. The first-order chi connectivity index (χ1) is 6.50. The fourth-order valence-electron chi connectivity index (χ4n) is 1.21. The molecule has 1 N–H and O–H groups in total. The normalized spacial score (nSPS) is 15.2. The average Bonchev–Trinajstić information content (AvgIpc) is 2.09. The predicted octanol–water partition coefficient (Wildman–Crippen LogP) is 3.44. The van der Waals surface area contributed by atoms with Gasteiger partial charge in [0.1, 0.15) is 0 Å². The molecule has 0 aromatic heterocycles. The van der Waals surface area contributed by atoms with Crippen LogP contribution in [0, 0.1) is 6.92 Å². The third-order valence-electron chi connectivity index (χ3n) is 2.17. The number of rotatable bonds is 3. The summed E-state index contributed by atoms with van der Waals surface area (Å²) in [4.78, 5) is 0.121. The maximum absolute atomic E-state index is 9.71. The zero-order valence-corrected chi connectivity index (χ0v) is 11.5. The highest BCUT2D eigenvalue weighted by Crippen LogP contribution is 2.21. The first-order valence-corrected chi connectivity index (χ1v) is 6.28. The van der Waals surface area contributed by atoms with Crippen molar-refractivity contribution in [2.45, 2.75) is 31.2 Å². The van der Waals surface area contributed by atoms with Crippen LogP contribution in [0.25, 0.3) is 0 Å². The van der Waals surface area contributed by atoms with Crippen LogP contribution in [0.5, 0.6) is 0 Å². The van der Waals surface area contributed by atoms with Crippen LogP contribution in [0.2, 0.25) is 0 Å². The number of halogens is 2. The lowest BCUT2D eigenvalue weighted by molar-refractivity contribution is 0.178. The molecule has 1 aromatic rings. The van der Waals surface area contributed by atoms with Gasteiger partial charge in [0, 0.05) is 15.7 Å². The standard InChI is InChI=1S/C11H14Br2O/c1-7-3-4-9(10(13)5-7)6-11(14)8(2)12/h3-5,8,11,14H,6H2,1-2H3. The van der Waals surface area contributed by atoms with E-state index in [0.717, 1.165) is 10.0 Å². The van der Waals surface area contributed by atoms with Crippen molar-refractivity contribution < 1.29 is 5.11 Å². The van der Waals surface area contributed by atoms with Gasteiger partial charge in [-0.1, -0.05) is 50.9 Å². The molecule has 1 aromatic carbocycles. The largest absolute Gasteiger partial charge is 0.392 e. The zero-order chi connectivity index (χ0) is 10.7. The van der Waals surface area contributed by atoms with Gasteiger partial charge in [0.2, 0.25) is 0 Å². The third-order valence-corrected chi connectivity index (χ3v) is 3.52. The Bertz CT molecular complexity index is 310. The summed E-state index contributed by atoms with van der Waals surface area (Å²) in [5.41, 5.74) is 2.37. The van der Waals surface area contributed by atoms with E-state index in [-0.39, 0.29) is 10.9 Å². The molecule has 2 atom stereocenters. The maximum atomic E-state index is 9.71. The van der Waals surface area contributed by atoms with Crippen molar-refractivity contribution in [3.63, 3.8) is 0 Å². The molecule has 0 aliphatic carbocycles. The van der Waals surface area contributed by atoms with E-state index < -0.39 is 0 Å². The fraction of sp³-hybridized carbons (Fsp3) is 0.455. The average molecular weight is 322 g/mol. The van der Waals surface area contributed by atoms with Gasteiger partial charge in [-0.25, -0.2) is 0 Å². The SMILES string of the molecule is Cc1ccc(CC(O)C(C)Br)c(Br)c1. The predicted molar refractivity (Wildman–Crippen MR) is 67.0 cm³/mol. The number of aryl methyl sites for hydroxylation is 1. The Hall–Kier alpha value is 0.140. The van der Waals surface area contributed by atoms with Gasteiger partial charge in [-0.3, -0.25) is 0 Å². The van der Waals surface area contributed by atoms with E-state index in [1.54, 1.807) is 0 Å². The Balaban J connectivity index is 2.77. The maximum Gasteiger partial charge on any atom is 0.0703 e. The lowest BCUT2D eigenvalue weighted by atomic mass is 10.0. The highest BCUT2D eigenvalue weighted by Gasteiger charge is 2.12. The topological polar surface area (TPSA) is 20.2 Å². The van der Waals surface area contributed by atoms with Crippen LogP contribution in [0.3, 0.4) is 0 Å². The van der Waals surface area contributed by atoms with E-state index in [4.69, 9.17) is 0 Å². The molecule has 1 nitrogen and oxygen atoms in total. The van der Waals surface area contributed by atoms with E-state index in [9.17, 15) is 5.11 Å². The van der Waals surface area contributed by atoms with Crippen LogP contribution in [0.1, 0.15) is 18.1 Å². The van der Waals surface area contributed by atoms with Crippen molar-refractivity contribution in [1.82, 2.24) is 0 Å². The summed E-state index contributed by atoms with van der Waals surface area (Å²) >= 11 is 6.87. The summed E-state index contributed by atoms with van der Waals surface area (Å²) < 4.78 is 1.07. The summed E-state index contributed by atoms with van der Waals surface area (Å²) in [7, 11) is 0. The molecule has 0 saturated carbocycles. The van der Waals surface area contributed by atoms with Crippen LogP contribution in [0.4, 0.5) is 0 Å². The summed E-state index contributed by atoms with van der Waals surface area (Å²) in [5, 5.41) is 9.71. The quantitative estimate of drug-likeness (QED) is 0.845. The Labute approximate surface area is 102 Å². The lowest BCUT2D eigenvalue weighted by Crippen LogP contribution is -2.20. The van der Waals surface area contributed by atoms with Gasteiger partial charge in [0.25, 0.3) is 0 Å². The summed E-state index contributed by atoms with van der Waals surface area (Å²) in [6.45, 7) is 4.00. The number of benzene rings is 1. The van der Waals surface area contributed by atoms with Crippen LogP contribution in [-0.2, 0) is 6.42 Å². The van der Waals surface area contributed by atoms with Crippen LogP contribution in [-0.4, -0.2) is 16.0 Å². The van der Waals surface area contributed by atoms with E-state index in [1.807, 2.05) is 6.92 Å². The molecule has 0 fully saturated rings. The Morgan fingerprint density at radius 2 is 2.07 bits per heavy atom. The first-order valence-electron chi connectivity index (χ1n) is 4.58. The Morgan fingerprint density at radius 1 is 1.43 bits per heavy atom. The molecule has 0 spiro atoms. The van der Waals surface area contributed by atoms with Crippen molar-refractivity contribution in [3.8, 4) is 0 Å². The van der Waals surface area contributed by atoms with Gasteiger partial charge in [0.15, 0.2) is 0 Å². The third kappa shape index (κ3) is 3.37. The molecule has 0 saturated heterocycles. The van der Waals surface area contributed by atoms with Crippen LogP contribution in [0.15, 0.2) is 22.7 Å². The lowest BCUT2D eigenvalue weighted by Gasteiger charge is -2.14. The van der Waals surface area contributed by atoms with Gasteiger partial charge in [0.05, 0.1) is 6.10 Å². The smallest absolute Gasteiger partial charge is 0.0703 e. The number of alkyl halides is 1. The van der Waals surface area contributed by atoms with E-state index >= 15 is 0 Å². The van der Waals surface area contributed by atoms with Gasteiger partial charge in [-0.15, -0.1) is 0 Å². The minimum Gasteiger partial charge on any atom is -0.392 e. The molecule has 0 radical (unpaired) electrons. The molecule has 1 rings (SSSR count). The van der Waals surface area contributed by atoms with E-state index in [0.29, 0.717) is 6.42 Å². The van der Waals surface area contributed by atoms with Crippen molar-refractivity contribution in [2.75, 3.05) is 0 Å². The fourth-order valence-corrected chi connectivity index (χ4v) is 2.05. The monoisotopic (exact) mass is 320 g/mol. The minimum atomic E-state index is -0.339. The molecular weight excluding hydrogens is 308 g/mol. The summed E-state index contributed by atoms with van der Waals surface area (Å²) in [5.74, 6) is 0. The molecule has 2 unspecified atom stereocenters. The molecule has 0 bridgehead atoms. The highest BCUT2D eigenvalue weighted by atomic mass is 79.9. The van der Waals surface area contributed by atoms with Crippen molar-refractivity contribution >= 4 is 31.9 Å². The second-order valence-corrected chi connectivity index (χ2v) is 5.84. The molecule has 0 amide bonds. The second kappa shape index (κ2) is 5.29. The Morgan fingerprint density at radius 3 is 2.57 bits per heavy atom. The Kier molecular flexibility index (Phi) is 4.61. The van der Waals surface area contributed by atoms with Gasteiger partial charge >= 0.3 is 0 Å². The number of hydrogen-bond donors (Lipinski definition) is 1. The summed E-state index contributed by atoms with van der Waals surface area (Å²) in [6.07, 6.45) is 0.335. The molecule has 0 aliphatic rings. The molecule has 78 valence electrons. The number of aliphatic hydroxyl groups excluding tert-OH is 1. The van der Waals surface area contributed by atoms with Gasteiger partial charge in [-0.05, 0) is 24.1 Å². The van der Waals surface area contributed by atoms with Crippen LogP contribution >= 0.6 is 31.9 Å². The number of aliphatic hydroxyl groups is 1. The summed E-state index contributed by atoms with van der Waals surface area (Å²) in [6, 6.07) is 6.19. The molecule has 14 heavy (non-hydrogen) atoms. The molecule has 0 aliphatic heterocycles. The van der Waals surface area contributed by atoms with E-state index in [2.05, 4.69) is 57.0 Å².